The number of ether oxygens (including phenoxy) is 1. The number of aromatic nitrogens is 4. The van der Waals surface area contributed by atoms with Gasteiger partial charge in [-0.2, -0.15) is 0 Å². The molecule has 4 aromatic heterocycles. The summed E-state index contributed by atoms with van der Waals surface area (Å²) in [7, 11) is 0. The standard InChI is InChI=1S/C28H16ClF2N5O3/c29-20-14-17(4-5-21(20)30)36-26-15(2-1-9-34-26)12-19(28(36)38)27(37)35-16-3-6-24(22(31)13-16)39-23-8-11-33-25-18(23)7-10-32-25/h1-14H,(H,32,33)(H,35,37). The fourth-order valence-corrected chi connectivity index (χ4v) is 4.35. The van der Waals surface area contributed by atoms with Gasteiger partial charge >= 0.3 is 0 Å². The van der Waals surface area contributed by atoms with Crippen molar-refractivity contribution < 1.29 is 18.3 Å². The zero-order valence-corrected chi connectivity index (χ0v) is 20.5. The maximum absolute atomic E-state index is 14.9. The molecular weight excluding hydrogens is 528 g/mol. The zero-order chi connectivity index (χ0) is 27.1. The molecule has 11 heteroatoms. The molecule has 0 unspecified atom stereocenters. The minimum atomic E-state index is -0.774. The predicted molar refractivity (Wildman–Crippen MR) is 143 cm³/mol. The van der Waals surface area contributed by atoms with Crippen LogP contribution < -0.4 is 15.6 Å². The van der Waals surface area contributed by atoms with Gasteiger partial charge in [0.05, 0.1) is 16.1 Å². The Balaban J connectivity index is 1.33. The van der Waals surface area contributed by atoms with Crippen molar-refractivity contribution in [2.75, 3.05) is 5.32 Å². The molecule has 0 radical (unpaired) electrons. The van der Waals surface area contributed by atoms with Crippen LogP contribution >= 0.6 is 11.6 Å². The van der Waals surface area contributed by atoms with Gasteiger partial charge in [0.15, 0.2) is 11.6 Å². The van der Waals surface area contributed by atoms with Gasteiger partial charge in [0.2, 0.25) is 0 Å². The molecule has 8 nitrogen and oxygen atoms in total. The summed E-state index contributed by atoms with van der Waals surface area (Å²) in [6.07, 6.45) is 4.72. The molecule has 0 bridgehead atoms. The van der Waals surface area contributed by atoms with Crippen molar-refractivity contribution in [3.63, 3.8) is 0 Å². The molecule has 192 valence electrons. The topological polar surface area (TPSA) is 102 Å². The third-order valence-corrected chi connectivity index (χ3v) is 6.29. The predicted octanol–water partition coefficient (Wildman–Crippen LogP) is 6.24. The second-order valence-electron chi connectivity index (χ2n) is 8.46. The van der Waals surface area contributed by atoms with Crippen LogP contribution in [0.1, 0.15) is 10.4 Å². The number of benzene rings is 2. The van der Waals surface area contributed by atoms with Crippen LogP contribution in [0, 0.1) is 11.6 Å². The summed E-state index contributed by atoms with van der Waals surface area (Å²) in [5, 5.41) is 3.51. The molecule has 1 amide bonds. The van der Waals surface area contributed by atoms with Gasteiger partial charge in [0.25, 0.3) is 11.5 Å². The fourth-order valence-electron chi connectivity index (χ4n) is 4.17. The SMILES string of the molecule is O=C(Nc1ccc(Oc2ccnc3[nH]ccc23)c(F)c1)c1cc2cccnc2n(-c2ccc(F)c(Cl)c2)c1=O. The second kappa shape index (κ2) is 9.66. The number of hydrogen-bond acceptors (Lipinski definition) is 5. The van der Waals surface area contributed by atoms with Crippen molar-refractivity contribution >= 4 is 45.3 Å². The minimum absolute atomic E-state index is 0.0611. The van der Waals surface area contributed by atoms with E-state index in [1.165, 1.54) is 47.3 Å². The lowest BCUT2D eigenvalue weighted by Gasteiger charge is -2.13. The van der Waals surface area contributed by atoms with Crippen molar-refractivity contribution in [2.24, 2.45) is 0 Å². The lowest BCUT2D eigenvalue weighted by Crippen LogP contribution is -2.29. The Bertz CT molecular complexity index is 1970. The number of nitrogens with one attached hydrogen (secondary N) is 2. The van der Waals surface area contributed by atoms with Gasteiger partial charge in [0, 0.05) is 35.7 Å². The number of fused-ring (bicyclic) bond motifs is 2. The normalized spacial score (nSPS) is 11.2. The summed E-state index contributed by atoms with van der Waals surface area (Å²) < 4.78 is 35.6. The highest BCUT2D eigenvalue weighted by atomic mass is 35.5. The molecule has 2 aromatic carbocycles. The van der Waals surface area contributed by atoms with Crippen molar-refractivity contribution in [2.45, 2.75) is 0 Å². The summed E-state index contributed by atoms with van der Waals surface area (Å²) >= 11 is 5.94. The van der Waals surface area contributed by atoms with Crippen LogP contribution in [-0.2, 0) is 0 Å². The average Bonchev–Trinajstić information content (AvgIpc) is 3.41. The van der Waals surface area contributed by atoms with Crippen LogP contribution in [0.15, 0.2) is 90.1 Å². The fraction of sp³-hybridized carbons (Fsp3) is 0. The van der Waals surface area contributed by atoms with E-state index in [1.807, 2.05) is 0 Å². The average molecular weight is 544 g/mol. The van der Waals surface area contributed by atoms with Crippen molar-refractivity contribution in [1.82, 2.24) is 19.5 Å². The Morgan fingerprint density at radius 3 is 2.64 bits per heavy atom. The van der Waals surface area contributed by atoms with E-state index in [0.29, 0.717) is 22.2 Å². The van der Waals surface area contributed by atoms with Gasteiger partial charge in [0.1, 0.15) is 28.4 Å². The number of rotatable bonds is 5. The largest absolute Gasteiger partial charge is 0.453 e. The third-order valence-electron chi connectivity index (χ3n) is 6.00. The van der Waals surface area contributed by atoms with Crippen molar-refractivity contribution in [3.8, 4) is 17.2 Å². The first-order valence-corrected chi connectivity index (χ1v) is 11.9. The molecule has 0 aliphatic rings. The van der Waals surface area contributed by atoms with E-state index in [4.69, 9.17) is 16.3 Å². The van der Waals surface area contributed by atoms with Crippen LogP contribution in [0.2, 0.25) is 5.02 Å². The molecular formula is C28H16ClF2N5O3. The molecule has 2 N–H and O–H groups in total. The molecule has 0 atom stereocenters. The maximum atomic E-state index is 14.9. The van der Waals surface area contributed by atoms with Gasteiger partial charge in [-0.3, -0.25) is 14.2 Å². The monoisotopic (exact) mass is 543 g/mol. The number of carbonyl (C=O) groups is 1. The molecule has 6 rings (SSSR count). The lowest BCUT2D eigenvalue weighted by molar-refractivity contribution is 0.102. The van der Waals surface area contributed by atoms with Crippen LogP contribution in [-0.4, -0.2) is 25.4 Å². The van der Waals surface area contributed by atoms with Gasteiger partial charge in [-0.15, -0.1) is 0 Å². The highest BCUT2D eigenvalue weighted by Crippen LogP contribution is 2.31. The van der Waals surface area contributed by atoms with Gasteiger partial charge in [-0.05, 0) is 60.7 Å². The lowest BCUT2D eigenvalue weighted by atomic mass is 10.1. The van der Waals surface area contributed by atoms with Crippen LogP contribution in [0.3, 0.4) is 0 Å². The highest BCUT2D eigenvalue weighted by Gasteiger charge is 2.19. The smallest absolute Gasteiger partial charge is 0.269 e. The number of halogens is 3. The number of aromatic amines is 1. The van der Waals surface area contributed by atoms with E-state index in [0.717, 1.165) is 12.1 Å². The number of H-pyrrole nitrogens is 1. The summed E-state index contributed by atoms with van der Waals surface area (Å²) in [6, 6.07) is 15.7. The first kappa shape index (κ1) is 24.3. The quantitative estimate of drug-likeness (QED) is 0.268. The van der Waals surface area contributed by atoms with E-state index in [-0.39, 0.29) is 33.4 Å². The highest BCUT2D eigenvalue weighted by molar-refractivity contribution is 6.30. The summed E-state index contributed by atoms with van der Waals surface area (Å²) in [6.45, 7) is 0. The Labute approximate surface area is 223 Å². The Hall–Kier alpha value is -5.09. The third kappa shape index (κ3) is 4.47. The molecule has 0 fully saturated rings. The van der Waals surface area contributed by atoms with E-state index >= 15 is 0 Å². The molecule has 0 saturated heterocycles. The number of hydrogen-bond donors (Lipinski definition) is 2. The van der Waals surface area contributed by atoms with Crippen molar-refractivity contribution in [1.29, 1.82) is 0 Å². The summed E-state index contributed by atoms with van der Waals surface area (Å²) in [5.41, 5.74) is 0.231. The molecule has 0 aliphatic heterocycles. The number of nitrogens with zero attached hydrogens (tertiary/aromatic N) is 3. The first-order chi connectivity index (χ1) is 18.9. The van der Waals surface area contributed by atoms with E-state index in [1.54, 1.807) is 30.5 Å². The molecule has 6 aromatic rings. The van der Waals surface area contributed by atoms with E-state index in [2.05, 4.69) is 20.3 Å². The first-order valence-electron chi connectivity index (χ1n) is 11.6. The zero-order valence-electron chi connectivity index (χ0n) is 19.8. The van der Waals surface area contributed by atoms with E-state index < -0.39 is 23.1 Å². The van der Waals surface area contributed by atoms with Gasteiger partial charge in [-0.1, -0.05) is 11.6 Å². The Morgan fingerprint density at radius 2 is 1.82 bits per heavy atom. The van der Waals surface area contributed by atoms with Crippen LogP contribution in [0.25, 0.3) is 27.8 Å². The Morgan fingerprint density at radius 1 is 0.949 bits per heavy atom. The van der Waals surface area contributed by atoms with E-state index in [9.17, 15) is 18.4 Å². The summed E-state index contributed by atoms with van der Waals surface area (Å²) in [4.78, 5) is 38.0. The van der Waals surface area contributed by atoms with Crippen molar-refractivity contribution in [3.05, 3.63) is 118 Å². The van der Waals surface area contributed by atoms with Crippen LogP contribution in [0.4, 0.5) is 14.5 Å². The molecule has 0 spiro atoms. The number of amides is 1. The van der Waals surface area contributed by atoms with Gasteiger partial charge in [-0.25, -0.2) is 18.7 Å². The molecule has 0 saturated carbocycles. The summed E-state index contributed by atoms with van der Waals surface area (Å²) in [5.74, 6) is -1.81. The maximum Gasteiger partial charge on any atom is 0.269 e. The minimum Gasteiger partial charge on any atom is -0.453 e. The molecule has 0 aliphatic carbocycles. The number of anilines is 1. The molecule has 39 heavy (non-hydrogen) atoms. The molecule has 4 heterocycles. The van der Waals surface area contributed by atoms with Gasteiger partial charge < -0.3 is 15.0 Å². The number of carbonyl (C=O) groups excluding carboxylic acids is 1. The number of pyridine rings is 3. The Kier molecular flexibility index (Phi) is 6.01. The van der Waals surface area contributed by atoms with Crippen LogP contribution in [0.5, 0.6) is 11.5 Å². The second-order valence-corrected chi connectivity index (χ2v) is 8.87.